The molecule has 8 nitrogen and oxygen atoms in total. The molecule has 4 rings (SSSR count). The van der Waals surface area contributed by atoms with Gasteiger partial charge in [0.25, 0.3) is 5.91 Å². The van der Waals surface area contributed by atoms with Gasteiger partial charge in [-0.15, -0.1) is 11.3 Å². The number of hydrogen-bond donors (Lipinski definition) is 1. The SMILES string of the molecule is CC1CCCCC12NC(=O)N(CC(=O)OCc1csc(-c3ccco3)n1)C2=O. The van der Waals surface area contributed by atoms with Crippen molar-refractivity contribution in [2.24, 2.45) is 5.92 Å². The fourth-order valence-electron chi connectivity index (χ4n) is 3.85. The highest BCUT2D eigenvalue weighted by Gasteiger charge is 2.55. The summed E-state index contributed by atoms with van der Waals surface area (Å²) in [4.78, 5) is 42.7. The predicted octanol–water partition coefficient (Wildman–Crippen LogP) is 2.95. The van der Waals surface area contributed by atoms with E-state index in [9.17, 15) is 14.4 Å². The molecule has 28 heavy (non-hydrogen) atoms. The van der Waals surface area contributed by atoms with Crippen LogP contribution in [0.3, 0.4) is 0 Å². The number of amides is 3. The maximum Gasteiger partial charge on any atom is 0.326 e. The molecule has 1 aliphatic carbocycles. The topological polar surface area (TPSA) is 102 Å². The summed E-state index contributed by atoms with van der Waals surface area (Å²) < 4.78 is 10.5. The van der Waals surface area contributed by atoms with Crippen LogP contribution in [0.4, 0.5) is 4.79 Å². The van der Waals surface area contributed by atoms with E-state index in [1.807, 2.05) is 6.92 Å². The summed E-state index contributed by atoms with van der Waals surface area (Å²) in [5.74, 6) is -0.269. The van der Waals surface area contributed by atoms with E-state index in [2.05, 4.69) is 10.3 Å². The number of furan rings is 1. The van der Waals surface area contributed by atoms with Crippen LogP contribution in [0.1, 0.15) is 38.3 Å². The van der Waals surface area contributed by atoms with Crippen molar-refractivity contribution in [3.05, 3.63) is 29.5 Å². The standard InChI is InChI=1S/C19H21N3O5S/c1-12-5-2-3-7-19(12)17(24)22(18(25)21-19)9-15(23)27-10-13-11-28-16(20-13)14-6-4-8-26-14/h4,6,8,11-12H,2-3,5,7,9-10H2,1H3,(H,21,25). The molecule has 1 aliphatic heterocycles. The van der Waals surface area contributed by atoms with Gasteiger partial charge in [-0.2, -0.15) is 0 Å². The van der Waals surface area contributed by atoms with Crippen LogP contribution >= 0.6 is 11.3 Å². The van der Waals surface area contributed by atoms with Crippen LogP contribution in [0.15, 0.2) is 28.2 Å². The summed E-state index contributed by atoms with van der Waals surface area (Å²) in [6.45, 7) is 1.55. The molecule has 2 aromatic heterocycles. The second kappa shape index (κ2) is 7.38. The first-order chi connectivity index (χ1) is 13.5. The molecule has 9 heteroatoms. The third kappa shape index (κ3) is 3.30. The second-order valence-electron chi connectivity index (χ2n) is 7.22. The van der Waals surface area contributed by atoms with Crippen LogP contribution in [0.5, 0.6) is 0 Å². The molecule has 148 valence electrons. The lowest BCUT2D eigenvalue weighted by atomic mass is 9.73. The van der Waals surface area contributed by atoms with E-state index in [-0.39, 0.29) is 18.4 Å². The number of nitrogens with one attached hydrogen (secondary N) is 1. The molecule has 1 saturated carbocycles. The van der Waals surface area contributed by atoms with Crippen LogP contribution < -0.4 is 5.32 Å². The maximum absolute atomic E-state index is 12.9. The largest absolute Gasteiger partial charge is 0.462 e. The summed E-state index contributed by atoms with van der Waals surface area (Å²) in [6, 6.07) is 3.05. The van der Waals surface area contributed by atoms with E-state index in [0.717, 1.165) is 24.2 Å². The highest BCUT2D eigenvalue weighted by molar-refractivity contribution is 7.13. The van der Waals surface area contributed by atoms with Crippen molar-refractivity contribution < 1.29 is 23.5 Å². The minimum absolute atomic E-state index is 0.0266. The molecule has 2 aromatic rings. The Morgan fingerprint density at radius 2 is 2.32 bits per heavy atom. The molecule has 0 bridgehead atoms. The van der Waals surface area contributed by atoms with Crippen LogP contribution in [-0.2, 0) is 20.9 Å². The van der Waals surface area contributed by atoms with Crippen molar-refractivity contribution in [3.8, 4) is 10.8 Å². The number of hydrogen-bond acceptors (Lipinski definition) is 7. The van der Waals surface area contributed by atoms with Gasteiger partial charge in [0.1, 0.15) is 18.7 Å². The third-order valence-electron chi connectivity index (χ3n) is 5.45. The first-order valence-corrected chi connectivity index (χ1v) is 10.2. The Morgan fingerprint density at radius 3 is 3.07 bits per heavy atom. The number of carbonyl (C=O) groups excluding carboxylic acids is 3. The van der Waals surface area contributed by atoms with Gasteiger partial charge in [-0.25, -0.2) is 9.78 Å². The van der Waals surface area contributed by atoms with Crippen LogP contribution in [0.2, 0.25) is 0 Å². The second-order valence-corrected chi connectivity index (χ2v) is 8.08. The average Bonchev–Trinajstić information content (AvgIpc) is 3.40. The molecule has 1 N–H and O–H groups in total. The fourth-order valence-corrected chi connectivity index (χ4v) is 4.63. The number of rotatable bonds is 5. The molecule has 1 spiro atoms. The molecule has 2 fully saturated rings. The summed E-state index contributed by atoms with van der Waals surface area (Å²) in [7, 11) is 0. The zero-order chi connectivity index (χ0) is 19.7. The predicted molar refractivity (Wildman–Crippen MR) is 100 cm³/mol. The molecule has 2 unspecified atom stereocenters. The number of urea groups is 1. The van der Waals surface area contributed by atoms with Gasteiger partial charge in [-0.3, -0.25) is 14.5 Å². The highest BCUT2D eigenvalue weighted by atomic mass is 32.1. The minimum atomic E-state index is -0.873. The molecule has 0 radical (unpaired) electrons. The van der Waals surface area contributed by atoms with Crippen LogP contribution in [0, 0.1) is 5.92 Å². The fraction of sp³-hybridized carbons (Fsp3) is 0.474. The van der Waals surface area contributed by atoms with Gasteiger partial charge in [-0.05, 0) is 30.9 Å². The maximum atomic E-state index is 12.9. The molecule has 2 aliphatic rings. The Labute approximate surface area is 165 Å². The number of aromatic nitrogens is 1. The number of ether oxygens (including phenoxy) is 1. The van der Waals surface area contributed by atoms with Gasteiger partial charge in [0, 0.05) is 5.38 Å². The Kier molecular flexibility index (Phi) is 4.92. The van der Waals surface area contributed by atoms with Gasteiger partial charge in [0.05, 0.1) is 12.0 Å². The van der Waals surface area contributed by atoms with Gasteiger partial charge in [0.15, 0.2) is 10.8 Å². The number of carbonyl (C=O) groups is 3. The smallest absolute Gasteiger partial charge is 0.326 e. The minimum Gasteiger partial charge on any atom is -0.462 e. The molecular weight excluding hydrogens is 382 g/mol. The number of imide groups is 1. The molecule has 0 aromatic carbocycles. The molecule has 2 atom stereocenters. The molecular formula is C19H21N3O5S. The van der Waals surface area contributed by atoms with Gasteiger partial charge < -0.3 is 14.5 Å². The van der Waals surface area contributed by atoms with Crippen molar-refractivity contribution in [1.29, 1.82) is 0 Å². The monoisotopic (exact) mass is 403 g/mol. The molecule has 3 amide bonds. The summed E-state index contributed by atoms with van der Waals surface area (Å²) in [5.41, 5.74) is -0.290. The van der Waals surface area contributed by atoms with E-state index < -0.39 is 24.1 Å². The first kappa shape index (κ1) is 18.7. The zero-order valence-electron chi connectivity index (χ0n) is 15.5. The molecule has 1 saturated heterocycles. The lowest BCUT2D eigenvalue weighted by Gasteiger charge is -2.36. The van der Waals surface area contributed by atoms with Gasteiger partial charge in [-0.1, -0.05) is 19.8 Å². The zero-order valence-corrected chi connectivity index (χ0v) is 16.3. The van der Waals surface area contributed by atoms with Crippen molar-refractivity contribution in [2.75, 3.05) is 6.54 Å². The molecule has 3 heterocycles. The Morgan fingerprint density at radius 1 is 1.46 bits per heavy atom. The summed E-state index contributed by atoms with van der Waals surface area (Å²) >= 11 is 1.38. The summed E-state index contributed by atoms with van der Waals surface area (Å²) in [6.07, 6.45) is 4.98. The Balaban J connectivity index is 1.35. The van der Waals surface area contributed by atoms with Crippen LogP contribution in [-0.4, -0.2) is 39.9 Å². The highest BCUT2D eigenvalue weighted by Crippen LogP contribution is 2.38. The number of thiazole rings is 1. The number of esters is 1. The lowest BCUT2D eigenvalue weighted by molar-refractivity contribution is -0.149. The van der Waals surface area contributed by atoms with Crippen molar-refractivity contribution >= 4 is 29.2 Å². The lowest BCUT2D eigenvalue weighted by Crippen LogP contribution is -2.54. The van der Waals surface area contributed by atoms with Gasteiger partial charge >= 0.3 is 12.0 Å². The number of nitrogens with zero attached hydrogens (tertiary/aromatic N) is 2. The van der Waals surface area contributed by atoms with E-state index in [4.69, 9.17) is 9.15 Å². The normalized spacial score (nSPS) is 24.6. The van der Waals surface area contributed by atoms with E-state index in [1.54, 1.807) is 23.8 Å². The summed E-state index contributed by atoms with van der Waals surface area (Å²) in [5, 5.41) is 5.29. The van der Waals surface area contributed by atoms with E-state index >= 15 is 0 Å². The van der Waals surface area contributed by atoms with E-state index in [0.29, 0.717) is 22.9 Å². The average molecular weight is 403 g/mol. The van der Waals surface area contributed by atoms with Crippen molar-refractivity contribution in [2.45, 2.75) is 44.8 Å². The quantitative estimate of drug-likeness (QED) is 0.608. The van der Waals surface area contributed by atoms with Crippen molar-refractivity contribution in [3.63, 3.8) is 0 Å². The Bertz CT molecular complexity index is 893. The van der Waals surface area contributed by atoms with Gasteiger partial charge in [0.2, 0.25) is 0 Å². The van der Waals surface area contributed by atoms with E-state index in [1.165, 1.54) is 11.3 Å². The van der Waals surface area contributed by atoms with Crippen LogP contribution in [0.25, 0.3) is 10.8 Å². The third-order valence-corrected chi connectivity index (χ3v) is 6.36. The first-order valence-electron chi connectivity index (χ1n) is 9.27. The van der Waals surface area contributed by atoms with Crippen molar-refractivity contribution in [1.82, 2.24) is 15.2 Å². The Hall–Kier alpha value is -2.68.